The van der Waals surface area contributed by atoms with E-state index in [2.05, 4.69) is 18.7 Å². The summed E-state index contributed by atoms with van der Waals surface area (Å²) in [6.07, 6.45) is 1.11. The van der Waals surface area contributed by atoms with E-state index in [1.165, 1.54) is 0 Å². The van der Waals surface area contributed by atoms with Crippen LogP contribution in [0.5, 0.6) is 0 Å². The minimum Gasteiger partial charge on any atom is -0.383 e. The first-order chi connectivity index (χ1) is 5.59. The second-order valence-electron chi connectivity index (χ2n) is 4.03. The molecule has 1 unspecified atom stereocenters. The van der Waals surface area contributed by atoms with Gasteiger partial charge in [-0.1, -0.05) is 0 Å². The molecule has 0 aromatic heterocycles. The zero-order valence-electron chi connectivity index (χ0n) is 8.34. The summed E-state index contributed by atoms with van der Waals surface area (Å²) in [5.41, 5.74) is 6.14. The topological polar surface area (TPSA) is 38.5 Å². The molecule has 1 fully saturated rings. The molecule has 1 atom stereocenters. The van der Waals surface area contributed by atoms with Crippen LogP contribution in [0.2, 0.25) is 0 Å². The Morgan fingerprint density at radius 1 is 1.58 bits per heavy atom. The Bertz CT molecular complexity index is 147. The second kappa shape index (κ2) is 3.73. The first-order valence-corrected chi connectivity index (χ1v) is 4.58. The van der Waals surface area contributed by atoms with Crippen molar-refractivity contribution >= 4 is 0 Å². The van der Waals surface area contributed by atoms with E-state index in [-0.39, 0.29) is 5.54 Å². The van der Waals surface area contributed by atoms with Gasteiger partial charge in [-0.15, -0.1) is 0 Å². The highest BCUT2D eigenvalue weighted by Crippen LogP contribution is 2.26. The van der Waals surface area contributed by atoms with Crippen LogP contribution in [0, 0.1) is 0 Å². The predicted molar refractivity (Wildman–Crippen MR) is 50.1 cm³/mol. The van der Waals surface area contributed by atoms with Gasteiger partial charge in [-0.2, -0.15) is 0 Å². The zero-order valence-corrected chi connectivity index (χ0v) is 8.34. The van der Waals surface area contributed by atoms with Crippen molar-refractivity contribution in [3.8, 4) is 0 Å². The molecule has 3 heteroatoms. The molecule has 2 N–H and O–H groups in total. The predicted octanol–water partition coefficient (Wildman–Crippen LogP) is 0.444. The van der Waals surface area contributed by atoms with Gasteiger partial charge in [0.15, 0.2) is 0 Å². The Labute approximate surface area is 74.9 Å². The normalized spacial score (nSPS) is 29.5. The molecule has 3 nitrogen and oxygen atoms in total. The molecule has 1 heterocycles. The van der Waals surface area contributed by atoms with E-state index in [9.17, 15) is 0 Å². The van der Waals surface area contributed by atoms with Crippen molar-refractivity contribution in [3.05, 3.63) is 0 Å². The van der Waals surface area contributed by atoms with Gasteiger partial charge in [0.25, 0.3) is 0 Å². The molecule has 1 rings (SSSR count). The summed E-state index contributed by atoms with van der Waals surface area (Å²) in [6.45, 7) is 7.32. The Hall–Kier alpha value is -0.120. The first-order valence-electron chi connectivity index (χ1n) is 4.58. The molecule has 1 aliphatic rings. The van der Waals surface area contributed by atoms with Gasteiger partial charge in [0, 0.05) is 31.8 Å². The fourth-order valence-corrected chi connectivity index (χ4v) is 1.77. The highest BCUT2D eigenvalue weighted by atomic mass is 16.5. The Morgan fingerprint density at radius 3 is 2.67 bits per heavy atom. The maximum absolute atomic E-state index is 5.99. The number of nitrogens with zero attached hydrogens (tertiary/aromatic N) is 1. The molecule has 0 aromatic carbocycles. The van der Waals surface area contributed by atoms with Gasteiger partial charge in [-0.25, -0.2) is 0 Å². The molecule has 72 valence electrons. The van der Waals surface area contributed by atoms with Gasteiger partial charge in [-0.3, -0.25) is 4.90 Å². The van der Waals surface area contributed by atoms with Crippen molar-refractivity contribution in [1.82, 2.24) is 4.90 Å². The van der Waals surface area contributed by atoms with Crippen molar-refractivity contribution in [2.75, 3.05) is 26.8 Å². The largest absolute Gasteiger partial charge is 0.383 e. The summed E-state index contributed by atoms with van der Waals surface area (Å²) in [4.78, 5) is 2.40. The number of hydrogen-bond acceptors (Lipinski definition) is 3. The number of hydrogen-bond donors (Lipinski definition) is 1. The standard InChI is InChI=1S/C9H20N2O/c1-9(2)8(10)4-5-11(9)6-7-12-3/h8H,4-7,10H2,1-3H3. The van der Waals surface area contributed by atoms with Crippen molar-refractivity contribution in [2.24, 2.45) is 5.73 Å². The highest BCUT2D eigenvalue weighted by molar-refractivity contribution is 4.97. The van der Waals surface area contributed by atoms with Crippen molar-refractivity contribution in [1.29, 1.82) is 0 Å². The van der Waals surface area contributed by atoms with Crippen molar-refractivity contribution in [3.63, 3.8) is 0 Å². The molecule has 1 aliphatic heterocycles. The Balaban J connectivity index is 2.44. The molecule has 1 saturated heterocycles. The zero-order chi connectivity index (χ0) is 9.19. The van der Waals surface area contributed by atoms with Crippen molar-refractivity contribution < 1.29 is 4.74 Å². The van der Waals surface area contributed by atoms with Gasteiger partial charge >= 0.3 is 0 Å². The van der Waals surface area contributed by atoms with Gasteiger partial charge in [0.1, 0.15) is 0 Å². The van der Waals surface area contributed by atoms with E-state index in [4.69, 9.17) is 10.5 Å². The molecule has 0 radical (unpaired) electrons. The van der Waals surface area contributed by atoms with Gasteiger partial charge in [0.2, 0.25) is 0 Å². The minimum absolute atomic E-state index is 0.151. The lowest BCUT2D eigenvalue weighted by molar-refractivity contribution is 0.104. The fourth-order valence-electron chi connectivity index (χ4n) is 1.77. The molecule has 0 aliphatic carbocycles. The summed E-state index contributed by atoms with van der Waals surface area (Å²) < 4.78 is 5.05. The number of rotatable bonds is 3. The smallest absolute Gasteiger partial charge is 0.0589 e. The van der Waals surface area contributed by atoms with E-state index in [0.717, 1.165) is 26.1 Å². The molecule has 0 spiro atoms. The van der Waals surface area contributed by atoms with Gasteiger partial charge in [0.05, 0.1) is 6.61 Å². The van der Waals surface area contributed by atoms with Crippen LogP contribution in [0.1, 0.15) is 20.3 Å². The monoisotopic (exact) mass is 172 g/mol. The van der Waals surface area contributed by atoms with Gasteiger partial charge in [-0.05, 0) is 20.3 Å². The SMILES string of the molecule is COCCN1CCC(N)C1(C)C. The first kappa shape index (κ1) is 9.96. The lowest BCUT2D eigenvalue weighted by Crippen LogP contribution is -2.49. The molecule has 0 aromatic rings. The summed E-state index contributed by atoms with van der Waals surface area (Å²) >= 11 is 0. The quantitative estimate of drug-likeness (QED) is 0.671. The Morgan fingerprint density at radius 2 is 2.25 bits per heavy atom. The molecule has 0 amide bonds. The van der Waals surface area contributed by atoms with Gasteiger partial charge < -0.3 is 10.5 Å². The van der Waals surface area contributed by atoms with E-state index in [1.807, 2.05) is 0 Å². The number of methoxy groups -OCH3 is 1. The average molecular weight is 172 g/mol. The lowest BCUT2D eigenvalue weighted by Gasteiger charge is -2.34. The molecular formula is C9H20N2O. The third-order valence-electron chi connectivity index (χ3n) is 3.00. The van der Waals surface area contributed by atoms with Crippen LogP contribution in [-0.2, 0) is 4.74 Å². The summed E-state index contributed by atoms with van der Waals surface area (Å²) in [5, 5.41) is 0. The fraction of sp³-hybridized carbons (Fsp3) is 1.00. The van der Waals surface area contributed by atoms with Crippen LogP contribution < -0.4 is 5.73 Å². The second-order valence-corrected chi connectivity index (χ2v) is 4.03. The summed E-state index contributed by atoms with van der Waals surface area (Å²) in [7, 11) is 1.74. The number of nitrogens with two attached hydrogens (primary N) is 1. The third-order valence-corrected chi connectivity index (χ3v) is 3.00. The average Bonchev–Trinajstić information content (AvgIpc) is 2.25. The van der Waals surface area contributed by atoms with Crippen LogP contribution in [0.25, 0.3) is 0 Å². The van der Waals surface area contributed by atoms with Crippen LogP contribution in [0.4, 0.5) is 0 Å². The van der Waals surface area contributed by atoms with E-state index in [0.29, 0.717) is 6.04 Å². The maximum atomic E-state index is 5.99. The van der Waals surface area contributed by atoms with Crippen LogP contribution >= 0.6 is 0 Å². The van der Waals surface area contributed by atoms with E-state index < -0.39 is 0 Å². The summed E-state index contributed by atoms with van der Waals surface area (Å²) in [5.74, 6) is 0. The molecular weight excluding hydrogens is 152 g/mol. The third kappa shape index (κ3) is 1.79. The molecule has 0 saturated carbocycles. The number of ether oxygens (including phenoxy) is 1. The lowest BCUT2D eigenvalue weighted by atomic mass is 9.97. The van der Waals surface area contributed by atoms with E-state index in [1.54, 1.807) is 7.11 Å². The maximum Gasteiger partial charge on any atom is 0.0589 e. The van der Waals surface area contributed by atoms with E-state index >= 15 is 0 Å². The Kier molecular flexibility index (Phi) is 3.09. The van der Waals surface area contributed by atoms with Crippen molar-refractivity contribution in [2.45, 2.75) is 31.8 Å². The number of likely N-dealkylation sites (tertiary alicyclic amines) is 1. The highest BCUT2D eigenvalue weighted by Gasteiger charge is 2.38. The van der Waals surface area contributed by atoms with Crippen LogP contribution in [-0.4, -0.2) is 43.3 Å². The minimum atomic E-state index is 0.151. The molecule has 0 bridgehead atoms. The van der Waals surface area contributed by atoms with Crippen LogP contribution in [0.3, 0.4) is 0 Å². The summed E-state index contributed by atoms with van der Waals surface area (Å²) in [6, 6.07) is 0.314. The molecule has 12 heavy (non-hydrogen) atoms. The van der Waals surface area contributed by atoms with Crippen LogP contribution in [0.15, 0.2) is 0 Å².